The van der Waals surface area contributed by atoms with E-state index in [4.69, 9.17) is 0 Å². The molecule has 1 aliphatic rings. The molecule has 1 fully saturated rings. The van der Waals surface area contributed by atoms with Crippen LogP contribution in [0.25, 0.3) is 0 Å². The van der Waals surface area contributed by atoms with Crippen molar-refractivity contribution in [1.82, 2.24) is 10.6 Å². The number of benzene rings is 1. The van der Waals surface area contributed by atoms with Gasteiger partial charge in [-0.25, -0.2) is 0 Å². The normalized spacial score (nSPS) is 20.0. The van der Waals surface area contributed by atoms with Crippen LogP contribution in [0.15, 0.2) is 18.2 Å². The van der Waals surface area contributed by atoms with Crippen molar-refractivity contribution in [3.8, 4) is 11.5 Å². The maximum Gasteiger partial charge on any atom is 0.220 e. The predicted octanol–water partition coefficient (Wildman–Crippen LogP) is 0.466. The Hall–Kier alpha value is -1.75. The maximum absolute atomic E-state index is 11.0. The summed E-state index contributed by atoms with van der Waals surface area (Å²) in [5.74, 6) is -0.120. The first-order chi connectivity index (χ1) is 8.15. The quantitative estimate of drug-likeness (QED) is 0.575. The number of phenolic OH excluding ortho intramolecular Hbond substituents is 2. The van der Waals surface area contributed by atoms with Gasteiger partial charge in [-0.3, -0.25) is 4.79 Å². The molecule has 92 valence electrons. The minimum atomic E-state index is -0.112. The molecule has 0 radical (unpaired) electrons. The van der Waals surface area contributed by atoms with E-state index in [1.54, 1.807) is 6.07 Å². The fraction of sp³-hybridized carbons (Fsp3) is 0.417. The molecule has 0 aliphatic carbocycles. The third kappa shape index (κ3) is 3.10. The molecule has 1 atom stereocenters. The average molecular weight is 236 g/mol. The molecule has 0 bridgehead atoms. The van der Waals surface area contributed by atoms with Crippen LogP contribution in [0.1, 0.15) is 18.4 Å². The van der Waals surface area contributed by atoms with Gasteiger partial charge in [0.1, 0.15) is 0 Å². The lowest BCUT2D eigenvalue weighted by Crippen LogP contribution is -2.45. The van der Waals surface area contributed by atoms with Gasteiger partial charge in [-0.05, 0) is 24.1 Å². The SMILES string of the molecule is O=C1CCC(NCc2ccc(O)c(O)c2)CN1. The highest BCUT2D eigenvalue weighted by atomic mass is 16.3. The highest BCUT2D eigenvalue weighted by Gasteiger charge is 2.17. The molecule has 0 saturated carbocycles. The van der Waals surface area contributed by atoms with Crippen molar-refractivity contribution in [1.29, 1.82) is 0 Å². The summed E-state index contributed by atoms with van der Waals surface area (Å²) in [6.07, 6.45) is 1.38. The van der Waals surface area contributed by atoms with E-state index in [0.717, 1.165) is 12.0 Å². The van der Waals surface area contributed by atoms with Gasteiger partial charge in [-0.15, -0.1) is 0 Å². The zero-order chi connectivity index (χ0) is 12.3. The number of aromatic hydroxyl groups is 2. The largest absolute Gasteiger partial charge is 0.504 e. The zero-order valence-electron chi connectivity index (χ0n) is 9.44. The lowest BCUT2D eigenvalue weighted by Gasteiger charge is -2.23. The number of piperidine rings is 1. The monoisotopic (exact) mass is 236 g/mol. The highest BCUT2D eigenvalue weighted by molar-refractivity contribution is 5.76. The summed E-state index contributed by atoms with van der Waals surface area (Å²) in [6, 6.07) is 5.02. The lowest BCUT2D eigenvalue weighted by molar-refractivity contribution is -0.122. The van der Waals surface area contributed by atoms with Gasteiger partial charge >= 0.3 is 0 Å². The Balaban J connectivity index is 1.85. The maximum atomic E-state index is 11.0. The number of phenols is 2. The molecule has 1 aromatic carbocycles. The van der Waals surface area contributed by atoms with Crippen LogP contribution < -0.4 is 10.6 Å². The van der Waals surface area contributed by atoms with Crippen LogP contribution in [0, 0.1) is 0 Å². The Morgan fingerprint density at radius 1 is 1.35 bits per heavy atom. The molecule has 1 saturated heterocycles. The molecule has 1 heterocycles. The molecule has 1 aliphatic heterocycles. The van der Waals surface area contributed by atoms with Crippen LogP contribution >= 0.6 is 0 Å². The molecule has 4 N–H and O–H groups in total. The van der Waals surface area contributed by atoms with Gasteiger partial charge < -0.3 is 20.8 Å². The van der Waals surface area contributed by atoms with Crippen molar-refractivity contribution in [3.63, 3.8) is 0 Å². The molecule has 5 heteroatoms. The third-order valence-corrected chi connectivity index (χ3v) is 2.90. The van der Waals surface area contributed by atoms with Gasteiger partial charge in [0.15, 0.2) is 11.5 Å². The Kier molecular flexibility index (Phi) is 3.49. The summed E-state index contributed by atoms with van der Waals surface area (Å²) < 4.78 is 0. The lowest BCUT2D eigenvalue weighted by atomic mass is 10.1. The summed E-state index contributed by atoms with van der Waals surface area (Å²) in [5, 5.41) is 24.6. The minimum absolute atomic E-state index is 0.102. The second kappa shape index (κ2) is 5.05. The fourth-order valence-electron chi connectivity index (χ4n) is 1.85. The Morgan fingerprint density at radius 2 is 2.18 bits per heavy atom. The molecule has 1 aromatic rings. The summed E-state index contributed by atoms with van der Waals surface area (Å²) in [5.41, 5.74) is 0.900. The summed E-state index contributed by atoms with van der Waals surface area (Å²) >= 11 is 0. The van der Waals surface area contributed by atoms with E-state index in [2.05, 4.69) is 10.6 Å². The molecule has 17 heavy (non-hydrogen) atoms. The van der Waals surface area contributed by atoms with Crippen LogP contribution in [0.2, 0.25) is 0 Å². The minimum Gasteiger partial charge on any atom is -0.504 e. The van der Waals surface area contributed by atoms with E-state index in [9.17, 15) is 15.0 Å². The van der Waals surface area contributed by atoms with Crippen LogP contribution in [-0.4, -0.2) is 28.7 Å². The first-order valence-corrected chi connectivity index (χ1v) is 5.66. The number of rotatable bonds is 3. The van der Waals surface area contributed by atoms with Crippen LogP contribution in [0.4, 0.5) is 0 Å². The van der Waals surface area contributed by atoms with Gasteiger partial charge in [-0.1, -0.05) is 6.07 Å². The Bertz CT molecular complexity index is 410. The van der Waals surface area contributed by atoms with Crippen molar-refractivity contribution < 1.29 is 15.0 Å². The summed E-state index contributed by atoms with van der Waals surface area (Å²) in [4.78, 5) is 11.0. The van der Waals surface area contributed by atoms with E-state index in [1.807, 2.05) is 0 Å². The molecule has 2 rings (SSSR count). The molecular weight excluding hydrogens is 220 g/mol. The number of hydrogen-bond acceptors (Lipinski definition) is 4. The third-order valence-electron chi connectivity index (χ3n) is 2.90. The van der Waals surface area contributed by atoms with Crippen molar-refractivity contribution in [3.05, 3.63) is 23.8 Å². The molecule has 5 nitrogen and oxygen atoms in total. The van der Waals surface area contributed by atoms with E-state index < -0.39 is 0 Å². The number of amides is 1. The van der Waals surface area contributed by atoms with Crippen LogP contribution in [-0.2, 0) is 11.3 Å². The molecule has 1 unspecified atom stereocenters. The zero-order valence-corrected chi connectivity index (χ0v) is 9.44. The number of hydrogen-bond donors (Lipinski definition) is 4. The molecular formula is C12H16N2O3. The topological polar surface area (TPSA) is 81.6 Å². The second-order valence-corrected chi connectivity index (χ2v) is 4.24. The highest BCUT2D eigenvalue weighted by Crippen LogP contribution is 2.24. The van der Waals surface area contributed by atoms with Gasteiger partial charge in [0.2, 0.25) is 5.91 Å². The Morgan fingerprint density at radius 3 is 2.82 bits per heavy atom. The van der Waals surface area contributed by atoms with Gasteiger partial charge in [-0.2, -0.15) is 0 Å². The van der Waals surface area contributed by atoms with Gasteiger partial charge in [0, 0.05) is 25.6 Å². The van der Waals surface area contributed by atoms with Crippen molar-refractivity contribution in [2.24, 2.45) is 0 Å². The van der Waals surface area contributed by atoms with Crippen molar-refractivity contribution >= 4 is 5.91 Å². The first-order valence-electron chi connectivity index (χ1n) is 5.66. The Labute approximate surface area is 99.5 Å². The van der Waals surface area contributed by atoms with E-state index in [-0.39, 0.29) is 23.4 Å². The van der Waals surface area contributed by atoms with Gasteiger partial charge in [0.05, 0.1) is 0 Å². The van der Waals surface area contributed by atoms with Gasteiger partial charge in [0.25, 0.3) is 0 Å². The molecule has 1 amide bonds. The van der Waals surface area contributed by atoms with Crippen molar-refractivity contribution in [2.45, 2.75) is 25.4 Å². The van der Waals surface area contributed by atoms with E-state index in [1.165, 1.54) is 12.1 Å². The van der Waals surface area contributed by atoms with Crippen LogP contribution in [0.3, 0.4) is 0 Å². The number of carbonyl (C=O) groups excluding carboxylic acids is 1. The average Bonchev–Trinajstić information content (AvgIpc) is 2.33. The smallest absolute Gasteiger partial charge is 0.220 e. The van der Waals surface area contributed by atoms with E-state index in [0.29, 0.717) is 19.5 Å². The molecule has 0 spiro atoms. The molecule has 0 aromatic heterocycles. The second-order valence-electron chi connectivity index (χ2n) is 4.24. The predicted molar refractivity (Wildman–Crippen MR) is 62.6 cm³/mol. The number of carbonyl (C=O) groups is 1. The standard InChI is InChI=1S/C12H16N2O3/c15-10-3-1-8(5-11(10)16)6-13-9-2-4-12(17)14-7-9/h1,3,5,9,13,15-16H,2,4,6-7H2,(H,14,17). The fourth-order valence-corrected chi connectivity index (χ4v) is 1.85. The van der Waals surface area contributed by atoms with Crippen molar-refractivity contribution in [2.75, 3.05) is 6.54 Å². The summed E-state index contributed by atoms with van der Waals surface area (Å²) in [7, 11) is 0. The van der Waals surface area contributed by atoms with E-state index >= 15 is 0 Å². The first kappa shape index (κ1) is 11.7. The van der Waals surface area contributed by atoms with Crippen LogP contribution in [0.5, 0.6) is 11.5 Å². The summed E-state index contributed by atoms with van der Waals surface area (Å²) in [6.45, 7) is 1.25. The number of nitrogens with one attached hydrogen (secondary N) is 2.